The first-order chi connectivity index (χ1) is 13.4. The van der Waals surface area contributed by atoms with Gasteiger partial charge in [-0.2, -0.15) is 5.10 Å². The molecule has 28 heavy (non-hydrogen) atoms. The molecule has 0 aliphatic heterocycles. The molecule has 1 saturated carbocycles. The number of pyridine rings is 1. The first kappa shape index (κ1) is 18.8. The molecule has 5 heteroatoms. The summed E-state index contributed by atoms with van der Waals surface area (Å²) in [4.78, 5) is 18.8. The van der Waals surface area contributed by atoms with Crippen LogP contribution in [0.15, 0.2) is 52.9 Å². The Labute approximate surface area is 169 Å². The summed E-state index contributed by atoms with van der Waals surface area (Å²) in [5.74, 6) is 0.409. The molecule has 0 radical (unpaired) electrons. The molecule has 1 amide bonds. The molecule has 1 aliphatic rings. The van der Waals surface area contributed by atoms with Crippen LogP contribution in [0.1, 0.15) is 50.4 Å². The van der Waals surface area contributed by atoms with E-state index in [0.29, 0.717) is 11.5 Å². The lowest BCUT2D eigenvalue weighted by atomic mass is 9.72. The van der Waals surface area contributed by atoms with Crippen molar-refractivity contribution in [2.45, 2.75) is 40.0 Å². The second-order valence-electron chi connectivity index (χ2n) is 8.52. The van der Waals surface area contributed by atoms with Gasteiger partial charge in [0.15, 0.2) is 0 Å². The van der Waals surface area contributed by atoms with E-state index in [2.05, 4.69) is 31.3 Å². The number of aromatic nitrogens is 1. The highest BCUT2D eigenvalue weighted by Crippen LogP contribution is 2.37. The summed E-state index contributed by atoms with van der Waals surface area (Å²) in [6, 6.07) is 13.7. The Kier molecular flexibility index (Phi) is 5.02. The highest BCUT2D eigenvalue weighted by atomic mass is 32.1. The van der Waals surface area contributed by atoms with Crippen molar-refractivity contribution >= 4 is 33.9 Å². The topological polar surface area (TPSA) is 54.4 Å². The Hall–Kier alpha value is -2.53. The number of nitrogens with zero attached hydrogens (tertiary/aromatic N) is 2. The van der Waals surface area contributed by atoms with Gasteiger partial charge in [0.1, 0.15) is 0 Å². The van der Waals surface area contributed by atoms with Gasteiger partial charge in [-0.3, -0.25) is 4.79 Å². The molecule has 0 bridgehead atoms. The number of amides is 1. The lowest BCUT2D eigenvalue weighted by molar-refractivity contribution is 0.0955. The third-order valence-electron chi connectivity index (χ3n) is 5.22. The van der Waals surface area contributed by atoms with E-state index < -0.39 is 0 Å². The molecule has 3 aromatic rings. The largest absolute Gasteiger partial charge is 0.272 e. The molecule has 144 valence electrons. The van der Waals surface area contributed by atoms with Gasteiger partial charge in [0, 0.05) is 11.1 Å². The van der Waals surface area contributed by atoms with E-state index in [0.717, 1.165) is 40.0 Å². The summed E-state index contributed by atoms with van der Waals surface area (Å²) >= 11 is 1.62. The normalized spacial score (nSPS) is 20.4. The van der Waals surface area contributed by atoms with Crippen LogP contribution in [-0.4, -0.2) is 16.6 Å². The van der Waals surface area contributed by atoms with E-state index >= 15 is 0 Å². The second kappa shape index (κ2) is 7.47. The summed E-state index contributed by atoms with van der Waals surface area (Å²) in [7, 11) is 0. The summed E-state index contributed by atoms with van der Waals surface area (Å²) in [6.07, 6.45) is 3.07. The summed E-state index contributed by atoms with van der Waals surface area (Å²) in [6.45, 7) is 6.79. The molecular formula is C23H25N3OS. The number of rotatable bonds is 3. The second-order valence-corrected chi connectivity index (χ2v) is 9.47. The van der Waals surface area contributed by atoms with Gasteiger partial charge in [0.05, 0.1) is 21.7 Å². The van der Waals surface area contributed by atoms with Crippen LogP contribution in [-0.2, 0) is 0 Å². The molecule has 1 atom stereocenters. The van der Waals surface area contributed by atoms with Crippen LogP contribution in [0.3, 0.4) is 0 Å². The molecule has 1 aliphatic carbocycles. The number of thiophene rings is 1. The fourth-order valence-corrected chi connectivity index (χ4v) is 4.99. The average molecular weight is 392 g/mol. The smallest absolute Gasteiger partial charge is 0.267 e. The maximum absolute atomic E-state index is 13.0. The highest BCUT2D eigenvalue weighted by molar-refractivity contribution is 7.13. The number of fused-ring (bicyclic) bond motifs is 1. The Balaban J connectivity index is 1.66. The lowest BCUT2D eigenvalue weighted by Gasteiger charge is -2.34. The monoisotopic (exact) mass is 391 g/mol. The van der Waals surface area contributed by atoms with Gasteiger partial charge in [-0.05, 0) is 54.2 Å². The van der Waals surface area contributed by atoms with Gasteiger partial charge in [0.2, 0.25) is 0 Å². The van der Waals surface area contributed by atoms with E-state index in [1.54, 1.807) is 11.3 Å². The van der Waals surface area contributed by atoms with Crippen LogP contribution in [0.5, 0.6) is 0 Å². The van der Waals surface area contributed by atoms with Gasteiger partial charge >= 0.3 is 0 Å². The van der Waals surface area contributed by atoms with E-state index in [9.17, 15) is 4.79 Å². The molecule has 1 N–H and O–H groups in total. The number of benzene rings is 1. The first-order valence-corrected chi connectivity index (χ1v) is 10.6. The molecule has 1 aromatic carbocycles. The zero-order valence-corrected chi connectivity index (χ0v) is 17.3. The minimum atomic E-state index is -0.181. The lowest BCUT2D eigenvalue weighted by Crippen LogP contribution is -2.30. The van der Waals surface area contributed by atoms with Crippen LogP contribution >= 0.6 is 11.3 Å². The predicted octanol–water partition coefficient (Wildman–Crippen LogP) is 5.90. The SMILES string of the molecule is C[C@H]1C/C(=N\NC(=O)c2cc(-c3cccs3)nc3ccccc23)CC(C)(C)C1. The van der Waals surface area contributed by atoms with Crippen molar-refractivity contribution in [3.05, 3.63) is 53.4 Å². The standard InChI is InChI=1S/C23H25N3OS/c1-15-11-16(14-23(2,3)13-15)25-26-22(27)18-12-20(21-9-6-10-28-21)24-19-8-5-4-7-17(18)19/h4-10,12,15H,11,13-14H2,1-3H3,(H,26,27)/b25-16+/t15-/m0/s1. The summed E-state index contributed by atoms with van der Waals surface area (Å²) in [5.41, 5.74) is 6.38. The van der Waals surface area contributed by atoms with Gasteiger partial charge in [-0.25, -0.2) is 10.4 Å². The van der Waals surface area contributed by atoms with Crippen molar-refractivity contribution in [3.8, 4) is 10.6 Å². The van der Waals surface area contributed by atoms with Gasteiger partial charge in [-0.1, -0.05) is 45.0 Å². The molecule has 0 spiro atoms. The van der Waals surface area contributed by atoms with Crippen molar-refractivity contribution in [1.29, 1.82) is 0 Å². The molecule has 0 saturated heterocycles. The molecular weight excluding hydrogens is 366 g/mol. The third-order valence-corrected chi connectivity index (χ3v) is 6.11. The number of nitrogens with one attached hydrogen (secondary N) is 1. The zero-order valence-electron chi connectivity index (χ0n) is 16.5. The molecule has 1 fully saturated rings. The predicted molar refractivity (Wildman–Crippen MR) is 117 cm³/mol. The van der Waals surface area contributed by atoms with E-state index in [1.807, 2.05) is 47.8 Å². The number of hydrazone groups is 1. The first-order valence-electron chi connectivity index (χ1n) is 9.71. The van der Waals surface area contributed by atoms with Crippen molar-refractivity contribution in [1.82, 2.24) is 10.4 Å². The number of hydrogen-bond donors (Lipinski definition) is 1. The Morgan fingerprint density at radius 1 is 1.25 bits per heavy atom. The zero-order chi connectivity index (χ0) is 19.7. The fourth-order valence-electron chi connectivity index (χ4n) is 4.30. The van der Waals surface area contributed by atoms with Crippen LogP contribution < -0.4 is 5.43 Å². The van der Waals surface area contributed by atoms with Crippen molar-refractivity contribution in [3.63, 3.8) is 0 Å². The highest BCUT2D eigenvalue weighted by Gasteiger charge is 2.29. The third kappa shape index (κ3) is 3.99. The number of carbonyl (C=O) groups is 1. The molecule has 0 unspecified atom stereocenters. The quantitative estimate of drug-likeness (QED) is 0.566. The Bertz CT molecular complexity index is 1040. The Morgan fingerprint density at radius 2 is 2.07 bits per heavy atom. The summed E-state index contributed by atoms with van der Waals surface area (Å²) in [5, 5.41) is 7.37. The molecule has 2 aromatic heterocycles. The van der Waals surface area contributed by atoms with Crippen LogP contribution in [0.4, 0.5) is 0 Å². The van der Waals surface area contributed by atoms with E-state index in [1.165, 1.54) is 6.42 Å². The average Bonchev–Trinajstić information content (AvgIpc) is 3.18. The molecule has 4 nitrogen and oxygen atoms in total. The van der Waals surface area contributed by atoms with Crippen LogP contribution in [0.2, 0.25) is 0 Å². The molecule has 2 heterocycles. The number of carbonyl (C=O) groups excluding carboxylic acids is 1. The van der Waals surface area contributed by atoms with E-state index in [4.69, 9.17) is 4.98 Å². The van der Waals surface area contributed by atoms with Gasteiger partial charge in [-0.15, -0.1) is 11.3 Å². The number of hydrogen-bond acceptors (Lipinski definition) is 4. The minimum absolute atomic E-state index is 0.181. The van der Waals surface area contributed by atoms with E-state index in [-0.39, 0.29) is 11.3 Å². The minimum Gasteiger partial charge on any atom is -0.267 e. The van der Waals surface area contributed by atoms with Crippen molar-refractivity contribution in [2.24, 2.45) is 16.4 Å². The van der Waals surface area contributed by atoms with Crippen molar-refractivity contribution in [2.75, 3.05) is 0 Å². The van der Waals surface area contributed by atoms with Crippen molar-refractivity contribution < 1.29 is 4.79 Å². The summed E-state index contributed by atoms with van der Waals surface area (Å²) < 4.78 is 0. The van der Waals surface area contributed by atoms with Crippen LogP contribution in [0.25, 0.3) is 21.5 Å². The van der Waals surface area contributed by atoms with Gasteiger partial charge in [0.25, 0.3) is 5.91 Å². The Morgan fingerprint density at radius 3 is 2.82 bits per heavy atom. The maximum atomic E-state index is 13.0. The fraction of sp³-hybridized carbons (Fsp3) is 0.348. The maximum Gasteiger partial charge on any atom is 0.272 e. The molecule has 4 rings (SSSR count). The van der Waals surface area contributed by atoms with Gasteiger partial charge < -0.3 is 0 Å². The van der Waals surface area contributed by atoms with Crippen LogP contribution in [0, 0.1) is 11.3 Å². The number of para-hydroxylation sites is 1.